The fraction of sp³-hybridized carbons (Fsp3) is 0.667. The maximum Gasteiger partial charge on any atom is 0.326 e. The quantitative estimate of drug-likeness (QED) is 0.413. The van der Waals surface area contributed by atoms with E-state index in [-0.39, 0.29) is 25.3 Å². The van der Waals surface area contributed by atoms with E-state index in [2.05, 4.69) is 20.7 Å². The van der Waals surface area contributed by atoms with Crippen molar-refractivity contribution in [1.82, 2.24) is 16.0 Å². The van der Waals surface area contributed by atoms with Gasteiger partial charge in [-0.1, -0.05) is 6.92 Å². The second-order valence-corrected chi connectivity index (χ2v) is 4.18. The standard InChI is InChI=1S/C12H21N3O6/c1-3-6-13-9(16)7-14-12(20)15-8(11(18)19)4-5-10(17)21-2/h8H,3-7H2,1-2H3,(H,13,16)(H,18,19)(H2,14,15,20)/t8-/m0/s1. The fourth-order valence-electron chi connectivity index (χ4n) is 1.32. The summed E-state index contributed by atoms with van der Waals surface area (Å²) in [6.45, 7) is 2.13. The molecule has 3 amide bonds. The highest BCUT2D eigenvalue weighted by Gasteiger charge is 2.21. The number of esters is 1. The molecule has 1 atom stereocenters. The van der Waals surface area contributed by atoms with Crippen LogP contribution in [-0.4, -0.2) is 55.2 Å². The number of ether oxygens (including phenoxy) is 1. The Balaban J connectivity index is 4.14. The lowest BCUT2D eigenvalue weighted by Crippen LogP contribution is -2.48. The van der Waals surface area contributed by atoms with E-state index in [1.54, 1.807) is 0 Å². The van der Waals surface area contributed by atoms with Crippen molar-refractivity contribution >= 4 is 23.9 Å². The Morgan fingerprint density at radius 3 is 2.38 bits per heavy atom. The van der Waals surface area contributed by atoms with E-state index in [0.29, 0.717) is 6.54 Å². The number of nitrogens with one attached hydrogen (secondary N) is 3. The van der Waals surface area contributed by atoms with E-state index in [9.17, 15) is 19.2 Å². The minimum absolute atomic E-state index is 0.0997. The average Bonchev–Trinajstić information content (AvgIpc) is 2.46. The van der Waals surface area contributed by atoms with Crippen molar-refractivity contribution in [2.45, 2.75) is 32.2 Å². The molecular weight excluding hydrogens is 282 g/mol. The lowest BCUT2D eigenvalue weighted by Gasteiger charge is -2.14. The Morgan fingerprint density at radius 1 is 1.19 bits per heavy atom. The molecule has 0 heterocycles. The maximum absolute atomic E-state index is 11.5. The number of methoxy groups -OCH3 is 1. The topological polar surface area (TPSA) is 134 Å². The van der Waals surface area contributed by atoms with Gasteiger partial charge in [-0.2, -0.15) is 0 Å². The van der Waals surface area contributed by atoms with Crippen LogP contribution < -0.4 is 16.0 Å². The third-order valence-electron chi connectivity index (χ3n) is 2.45. The van der Waals surface area contributed by atoms with Gasteiger partial charge in [0.1, 0.15) is 6.04 Å². The summed E-state index contributed by atoms with van der Waals surface area (Å²) in [7, 11) is 1.19. The molecule has 0 radical (unpaired) electrons. The minimum Gasteiger partial charge on any atom is -0.480 e. The van der Waals surface area contributed by atoms with Crippen LogP contribution in [0.1, 0.15) is 26.2 Å². The van der Waals surface area contributed by atoms with Gasteiger partial charge in [-0.3, -0.25) is 9.59 Å². The lowest BCUT2D eigenvalue weighted by atomic mass is 10.1. The van der Waals surface area contributed by atoms with Crippen LogP contribution in [0.25, 0.3) is 0 Å². The minimum atomic E-state index is -1.27. The van der Waals surface area contributed by atoms with Crippen LogP contribution in [0, 0.1) is 0 Å². The number of urea groups is 1. The van der Waals surface area contributed by atoms with Crippen LogP contribution in [-0.2, 0) is 19.1 Å². The normalized spacial score (nSPS) is 11.1. The first-order valence-corrected chi connectivity index (χ1v) is 6.51. The first-order chi connectivity index (χ1) is 9.90. The van der Waals surface area contributed by atoms with Gasteiger partial charge in [-0.15, -0.1) is 0 Å². The van der Waals surface area contributed by atoms with Crippen LogP contribution in [0.3, 0.4) is 0 Å². The third kappa shape index (κ3) is 9.25. The van der Waals surface area contributed by atoms with Crippen LogP contribution in [0.4, 0.5) is 4.79 Å². The van der Waals surface area contributed by atoms with Crippen molar-refractivity contribution in [3.05, 3.63) is 0 Å². The van der Waals surface area contributed by atoms with Gasteiger partial charge in [0.05, 0.1) is 13.7 Å². The summed E-state index contributed by atoms with van der Waals surface area (Å²) in [4.78, 5) is 44.6. The Labute approximate surface area is 122 Å². The molecule has 0 aromatic rings. The number of hydrogen-bond donors (Lipinski definition) is 4. The fourth-order valence-corrected chi connectivity index (χ4v) is 1.32. The summed E-state index contributed by atoms with van der Waals surface area (Å²) in [6, 6.07) is -2.03. The summed E-state index contributed by atoms with van der Waals surface area (Å²) < 4.78 is 4.39. The van der Waals surface area contributed by atoms with Gasteiger partial charge in [0, 0.05) is 13.0 Å². The Bertz CT molecular complexity index is 385. The first kappa shape index (κ1) is 18.7. The summed E-state index contributed by atoms with van der Waals surface area (Å²) in [6.07, 6.45) is 0.536. The van der Waals surface area contributed by atoms with Gasteiger partial charge >= 0.3 is 18.0 Å². The van der Waals surface area contributed by atoms with E-state index in [1.165, 1.54) is 7.11 Å². The van der Waals surface area contributed by atoms with Gasteiger partial charge in [-0.25, -0.2) is 9.59 Å². The molecule has 0 saturated carbocycles. The number of carbonyl (C=O) groups is 4. The molecule has 0 bridgehead atoms. The molecule has 0 aliphatic carbocycles. The highest BCUT2D eigenvalue weighted by Crippen LogP contribution is 1.99. The monoisotopic (exact) mass is 303 g/mol. The number of hydrogen-bond acceptors (Lipinski definition) is 5. The third-order valence-corrected chi connectivity index (χ3v) is 2.45. The van der Waals surface area contributed by atoms with Crippen LogP contribution in [0.5, 0.6) is 0 Å². The van der Waals surface area contributed by atoms with Gasteiger partial charge in [0.15, 0.2) is 0 Å². The van der Waals surface area contributed by atoms with Gasteiger partial charge in [0.2, 0.25) is 5.91 Å². The van der Waals surface area contributed by atoms with Crippen molar-refractivity contribution in [3.8, 4) is 0 Å². The second-order valence-electron chi connectivity index (χ2n) is 4.18. The summed E-state index contributed by atoms with van der Waals surface area (Å²) >= 11 is 0. The summed E-state index contributed by atoms with van der Waals surface area (Å²) in [5.41, 5.74) is 0. The van der Waals surface area contributed by atoms with E-state index in [0.717, 1.165) is 6.42 Å². The Morgan fingerprint density at radius 2 is 1.86 bits per heavy atom. The molecule has 0 aromatic heterocycles. The number of amides is 3. The summed E-state index contributed by atoms with van der Waals surface area (Å²) in [5.74, 6) is -2.21. The second kappa shape index (κ2) is 10.5. The van der Waals surface area contributed by atoms with E-state index in [1.807, 2.05) is 6.92 Å². The van der Waals surface area contributed by atoms with E-state index in [4.69, 9.17) is 5.11 Å². The average molecular weight is 303 g/mol. The van der Waals surface area contributed by atoms with Crippen molar-refractivity contribution in [2.75, 3.05) is 20.2 Å². The van der Waals surface area contributed by atoms with Gasteiger partial charge in [0.25, 0.3) is 0 Å². The number of carboxylic acids is 1. The molecule has 21 heavy (non-hydrogen) atoms. The van der Waals surface area contributed by atoms with Crippen molar-refractivity contribution in [1.29, 1.82) is 0 Å². The molecule has 0 fully saturated rings. The van der Waals surface area contributed by atoms with Crippen LogP contribution >= 0.6 is 0 Å². The Hall–Kier alpha value is -2.32. The highest BCUT2D eigenvalue weighted by molar-refractivity contribution is 5.86. The van der Waals surface area contributed by atoms with Crippen molar-refractivity contribution in [3.63, 3.8) is 0 Å². The van der Waals surface area contributed by atoms with Gasteiger partial charge in [-0.05, 0) is 12.8 Å². The molecule has 0 spiro atoms. The molecule has 4 N–H and O–H groups in total. The summed E-state index contributed by atoms with van der Waals surface area (Å²) in [5, 5.41) is 15.9. The molecule has 9 heteroatoms. The van der Waals surface area contributed by atoms with Crippen LogP contribution in [0.2, 0.25) is 0 Å². The van der Waals surface area contributed by atoms with E-state index < -0.39 is 24.0 Å². The zero-order valence-electron chi connectivity index (χ0n) is 12.1. The van der Waals surface area contributed by atoms with Crippen LogP contribution in [0.15, 0.2) is 0 Å². The number of rotatable bonds is 9. The predicted octanol–water partition coefficient (Wildman–Crippen LogP) is -0.782. The molecule has 9 nitrogen and oxygen atoms in total. The number of carbonyl (C=O) groups excluding carboxylic acids is 3. The van der Waals surface area contributed by atoms with Gasteiger partial charge < -0.3 is 25.8 Å². The molecule has 0 aromatic carbocycles. The number of aliphatic carboxylic acids is 1. The number of carboxylic acid groups (broad SMARTS) is 1. The molecule has 0 unspecified atom stereocenters. The molecular formula is C12H21N3O6. The van der Waals surface area contributed by atoms with Crippen molar-refractivity contribution in [2.24, 2.45) is 0 Å². The molecule has 0 aliphatic rings. The largest absolute Gasteiger partial charge is 0.480 e. The first-order valence-electron chi connectivity index (χ1n) is 6.51. The molecule has 0 aliphatic heterocycles. The highest BCUT2D eigenvalue weighted by atomic mass is 16.5. The zero-order valence-corrected chi connectivity index (χ0v) is 12.1. The zero-order chi connectivity index (χ0) is 16.3. The van der Waals surface area contributed by atoms with Crippen molar-refractivity contribution < 1.29 is 29.0 Å². The molecule has 0 rings (SSSR count). The predicted molar refractivity (Wildman–Crippen MR) is 72.5 cm³/mol. The lowest BCUT2D eigenvalue weighted by molar-refractivity contribution is -0.142. The SMILES string of the molecule is CCCNC(=O)CNC(=O)N[C@@H](CCC(=O)OC)C(=O)O. The molecule has 120 valence electrons. The van der Waals surface area contributed by atoms with E-state index >= 15 is 0 Å². The smallest absolute Gasteiger partial charge is 0.326 e. The maximum atomic E-state index is 11.5. The molecule has 0 saturated heterocycles. The Kier molecular flexibility index (Phi) is 9.31.